The monoisotopic (exact) mass is 378 g/mol. The average Bonchev–Trinajstić information content (AvgIpc) is 2.64. The third-order valence-corrected chi connectivity index (χ3v) is 5.62. The van der Waals surface area contributed by atoms with E-state index in [2.05, 4.69) is 6.92 Å². The number of hydrogen-bond acceptors (Lipinski definition) is 0. The van der Waals surface area contributed by atoms with Crippen LogP contribution in [0.4, 0.5) is 17.6 Å². The Morgan fingerprint density at radius 2 is 1.59 bits per heavy atom. The van der Waals surface area contributed by atoms with Crippen LogP contribution in [0.5, 0.6) is 0 Å². The van der Waals surface area contributed by atoms with Crippen molar-refractivity contribution in [1.29, 1.82) is 0 Å². The van der Waals surface area contributed by atoms with Crippen molar-refractivity contribution in [3.05, 3.63) is 69.8 Å². The smallest absolute Gasteiger partial charge is 0.162 e. The van der Waals surface area contributed by atoms with E-state index in [4.69, 9.17) is 0 Å². The number of unbranched alkanes of at least 4 members (excludes halogenated alkanes) is 4. The zero-order valence-electron chi connectivity index (χ0n) is 15.8. The fourth-order valence-corrected chi connectivity index (χ4v) is 4.12. The van der Waals surface area contributed by atoms with Gasteiger partial charge in [0.15, 0.2) is 11.6 Å². The first-order valence-electron chi connectivity index (χ1n) is 9.94. The summed E-state index contributed by atoms with van der Waals surface area (Å²) in [5.41, 5.74) is 1.66. The fourth-order valence-electron chi connectivity index (χ4n) is 4.12. The van der Waals surface area contributed by atoms with Crippen molar-refractivity contribution in [1.82, 2.24) is 0 Å². The van der Waals surface area contributed by atoms with E-state index < -0.39 is 29.2 Å². The molecule has 0 saturated carbocycles. The van der Waals surface area contributed by atoms with E-state index in [0.717, 1.165) is 37.3 Å². The first-order chi connectivity index (χ1) is 13.0. The number of fused-ring (bicyclic) bond motifs is 1. The Labute approximate surface area is 158 Å². The van der Waals surface area contributed by atoms with Crippen LogP contribution >= 0.6 is 0 Å². The van der Waals surface area contributed by atoms with E-state index >= 15 is 0 Å². The number of hydrogen-bond donors (Lipinski definition) is 0. The van der Waals surface area contributed by atoms with Crippen LogP contribution in [0.25, 0.3) is 0 Å². The summed E-state index contributed by atoms with van der Waals surface area (Å²) < 4.78 is 57.0. The Kier molecular flexibility index (Phi) is 6.56. The summed E-state index contributed by atoms with van der Waals surface area (Å²) in [4.78, 5) is 0. The maximum absolute atomic E-state index is 14.7. The van der Waals surface area contributed by atoms with Crippen molar-refractivity contribution in [3.8, 4) is 0 Å². The molecule has 27 heavy (non-hydrogen) atoms. The van der Waals surface area contributed by atoms with Gasteiger partial charge in [-0.25, -0.2) is 17.6 Å². The van der Waals surface area contributed by atoms with Crippen molar-refractivity contribution in [3.63, 3.8) is 0 Å². The molecule has 1 unspecified atom stereocenters. The van der Waals surface area contributed by atoms with Crippen molar-refractivity contribution in [2.75, 3.05) is 0 Å². The summed E-state index contributed by atoms with van der Waals surface area (Å²) in [5.74, 6) is -3.39. The van der Waals surface area contributed by atoms with Gasteiger partial charge >= 0.3 is 0 Å². The molecule has 0 bridgehead atoms. The van der Waals surface area contributed by atoms with Crippen LogP contribution in [-0.2, 0) is 19.3 Å². The highest BCUT2D eigenvalue weighted by Gasteiger charge is 2.28. The Hall–Kier alpha value is -1.84. The third-order valence-electron chi connectivity index (χ3n) is 5.62. The zero-order chi connectivity index (χ0) is 19.4. The minimum atomic E-state index is -0.909. The second-order valence-corrected chi connectivity index (χ2v) is 7.58. The number of benzene rings is 2. The highest BCUT2D eigenvalue weighted by atomic mass is 19.2. The standard InChI is InChI=1S/C23H26F4/c1-2-3-4-5-6-7-15-12-20(25)22(21(26)13-15)17-9-8-16-10-11-19(24)23(27)18(16)14-17/h10-13,17H,2-9,14H2,1H3. The van der Waals surface area contributed by atoms with Gasteiger partial charge in [-0.2, -0.15) is 0 Å². The normalized spacial score (nSPS) is 16.4. The van der Waals surface area contributed by atoms with Crippen molar-refractivity contribution < 1.29 is 17.6 Å². The molecule has 146 valence electrons. The molecular weight excluding hydrogens is 352 g/mol. The lowest BCUT2D eigenvalue weighted by Crippen LogP contribution is -2.17. The molecule has 0 amide bonds. The Morgan fingerprint density at radius 1 is 0.889 bits per heavy atom. The number of rotatable bonds is 7. The van der Waals surface area contributed by atoms with E-state index in [1.165, 1.54) is 18.6 Å². The summed E-state index contributed by atoms with van der Waals surface area (Å²) in [7, 11) is 0. The van der Waals surface area contributed by atoms with E-state index in [-0.39, 0.29) is 17.5 Å². The summed E-state index contributed by atoms with van der Waals surface area (Å²) in [5, 5.41) is 0. The van der Waals surface area contributed by atoms with Crippen LogP contribution in [0.1, 0.15) is 73.6 Å². The molecule has 0 nitrogen and oxygen atoms in total. The van der Waals surface area contributed by atoms with Crippen LogP contribution in [0, 0.1) is 23.3 Å². The van der Waals surface area contributed by atoms with Crippen LogP contribution < -0.4 is 0 Å². The predicted molar refractivity (Wildman–Crippen MR) is 99.9 cm³/mol. The van der Waals surface area contributed by atoms with Crippen LogP contribution in [-0.4, -0.2) is 0 Å². The lowest BCUT2D eigenvalue weighted by molar-refractivity contribution is 0.457. The molecule has 0 spiro atoms. The molecule has 0 heterocycles. The van der Waals surface area contributed by atoms with Crippen molar-refractivity contribution in [2.45, 2.75) is 70.6 Å². The van der Waals surface area contributed by atoms with Crippen molar-refractivity contribution >= 4 is 0 Å². The van der Waals surface area contributed by atoms with Crippen LogP contribution in [0.15, 0.2) is 24.3 Å². The SMILES string of the molecule is CCCCCCCc1cc(F)c(C2CCc3ccc(F)c(F)c3C2)c(F)c1. The van der Waals surface area contributed by atoms with Crippen LogP contribution in [0.3, 0.4) is 0 Å². The summed E-state index contributed by atoms with van der Waals surface area (Å²) in [6.45, 7) is 2.15. The van der Waals surface area contributed by atoms with Crippen molar-refractivity contribution in [2.24, 2.45) is 0 Å². The molecule has 0 aromatic heterocycles. The summed E-state index contributed by atoms with van der Waals surface area (Å²) >= 11 is 0. The highest BCUT2D eigenvalue weighted by Crippen LogP contribution is 2.37. The van der Waals surface area contributed by atoms with Gasteiger partial charge in [0.2, 0.25) is 0 Å². The van der Waals surface area contributed by atoms with Gasteiger partial charge in [-0.15, -0.1) is 0 Å². The Morgan fingerprint density at radius 3 is 2.30 bits per heavy atom. The van der Waals surface area contributed by atoms with Gasteiger partial charge in [0.05, 0.1) is 0 Å². The molecule has 1 aliphatic carbocycles. The van der Waals surface area contributed by atoms with Crippen LogP contribution in [0.2, 0.25) is 0 Å². The molecule has 2 aromatic carbocycles. The molecule has 0 saturated heterocycles. The average molecular weight is 378 g/mol. The molecule has 0 fully saturated rings. The molecule has 1 atom stereocenters. The molecule has 0 N–H and O–H groups in total. The van der Waals surface area contributed by atoms with Gasteiger partial charge in [0.1, 0.15) is 11.6 Å². The maximum Gasteiger partial charge on any atom is 0.162 e. The van der Waals surface area contributed by atoms with E-state index in [1.54, 1.807) is 6.07 Å². The van der Waals surface area contributed by atoms with E-state index in [9.17, 15) is 17.6 Å². The second kappa shape index (κ2) is 8.90. The highest BCUT2D eigenvalue weighted by molar-refractivity contribution is 5.37. The Bertz CT molecular complexity index is 774. The van der Waals surface area contributed by atoms with Gasteiger partial charge < -0.3 is 0 Å². The topological polar surface area (TPSA) is 0 Å². The maximum atomic E-state index is 14.7. The molecule has 1 aliphatic rings. The van der Waals surface area contributed by atoms with Gasteiger partial charge in [-0.1, -0.05) is 38.7 Å². The quantitative estimate of drug-likeness (QED) is 0.358. The molecule has 3 rings (SSSR count). The second-order valence-electron chi connectivity index (χ2n) is 7.58. The summed E-state index contributed by atoms with van der Waals surface area (Å²) in [6.07, 6.45) is 7.27. The lowest BCUT2D eigenvalue weighted by atomic mass is 9.79. The fraction of sp³-hybridized carbons (Fsp3) is 0.478. The predicted octanol–water partition coefficient (Wildman–Crippen LogP) is 7.03. The lowest BCUT2D eigenvalue weighted by Gasteiger charge is -2.26. The minimum Gasteiger partial charge on any atom is -0.207 e. The van der Waals surface area contributed by atoms with E-state index in [1.807, 2.05) is 0 Å². The van der Waals surface area contributed by atoms with E-state index in [0.29, 0.717) is 24.8 Å². The molecule has 0 aliphatic heterocycles. The van der Waals surface area contributed by atoms with Gasteiger partial charge in [-0.3, -0.25) is 0 Å². The first-order valence-corrected chi connectivity index (χ1v) is 9.94. The Balaban J connectivity index is 1.74. The molecule has 0 radical (unpaired) electrons. The number of aryl methyl sites for hydroxylation is 2. The number of halogens is 4. The first kappa shape index (κ1) is 19.9. The molecular formula is C23H26F4. The van der Waals surface area contributed by atoms with Gasteiger partial charge in [0.25, 0.3) is 0 Å². The largest absolute Gasteiger partial charge is 0.207 e. The summed E-state index contributed by atoms with van der Waals surface area (Å²) in [6, 6.07) is 5.51. The van der Waals surface area contributed by atoms with Gasteiger partial charge in [-0.05, 0) is 72.9 Å². The molecule has 2 aromatic rings. The van der Waals surface area contributed by atoms with Gasteiger partial charge in [0, 0.05) is 5.56 Å². The zero-order valence-corrected chi connectivity index (χ0v) is 15.8. The third kappa shape index (κ3) is 4.53. The molecule has 4 heteroatoms. The minimum absolute atomic E-state index is 0.0130.